The first-order valence-corrected chi connectivity index (χ1v) is 5.49. The quantitative estimate of drug-likeness (QED) is 0.501. The van der Waals surface area contributed by atoms with Crippen molar-refractivity contribution in [2.24, 2.45) is 0 Å². The van der Waals surface area contributed by atoms with E-state index in [1.165, 1.54) is 12.3 Å². The van der Waals surface area contributed by atoms with E-state index < -0.39 is 30.4 Å². The SMILES string of the molecule is O=C(CCNC(=O)c1ccco1)NC(CO)C(=O)O. The molecule has 2 amide bonds. The second kappa shape index (κ2) is 7.17. The number of carboxylic acid groups (broad SMARTS) is 1. The summed E-state index contributed by atoms with van der Waals surface area (Å²) in [5.41, 5.74) is 0. The maximum Gasteiger partial charge on any atom is 0.328 e. The summed E-state index contributed by atoms with van der Waals surface area (Å²) < 4.78 is 4.84. The van der Waals surface area contributed by atoms with Gasteiger partial charge in [0.15, 0.2) is 5.76 Å². The molecule has 1 unspecified atom stereocenters. The van der Waals surface area contributed by atoms with Gasteiger partial charge in [-0.15, -0.1) is 0 Å². The predicted octanol–water partition coefficient (Wildman–Crippen LogP) is -1.04. The van der Waals surface area contributed by atoms with E-state index in [2.05, 4.69) is 10.6 Å². The number of carbonyl (C=O) groups excluding carboxylic acids is 2. The van der Waals surface area contributed by atoms with Gasteiger partial charge in [0.1, 0.15) is 6.04 Å². The molecule has 1 rings (SSSR count). The van der Waals surface area contributed by atoms with E-state index in [0.29, 0.717) is 0 Å². The zero-order chi connectivity index (χ0) is 14.3. The largest absolute Gasteiger partial charge is 0.480 e. The monoisotopic (exact) mass is 270 g/mol. The van der Waals surface area contributed by atoms with Crippen molar-refractivity contribution in [1.29, 1.82) is 0 Å². The van der Waals surface area contributed by atoms with Gasteiger partial charge in [-0.25, -0.2) is 4.79 Å². The third-order valence-electron chi connectivity index (χ3n) is 2.20. The van der Waals surface area contributed by atoms with Gasteiger partial charge in [0.25, 0.3) is 5.91 Å². The Morgan fingerprint density at radius 1 is 1.37 bits per heavy atom. The molecule has 1 heterocycles. The molecule has 0 spiro atoms. The lowest BCUT2D eigenvalue weighted by atomic mass is 10.3. The number of hydrogen-bond acceptors (Lipinski definition) is 5. The van der Waals surface area contributed by atoms with Crippen molar-refractivity contribution in [1.82, 2.24) is 10.6 Å². The van der Waals surface area contributed by atoms with Crippen LogP contribution in [0.25, 0.3) is 0 Å². The molecule has 0 bridgehead atoms. The lowest BCUT2D eigenvalue weighted by Crippen LogP contribution is -2.44. The van der Waals surface area contributed by atoms with Gasteiger partial charge in [-0.1, -0.05) is 0 Å². The first-order valence-electron chi connectivity index (χ1n) is 5.49. The standard InChI is InChI=1S/C11H14N2O6/c14-6-7(11(17)18)13-9(15)3-4-12-10(16)8-2-1-5-19-8/h1-2,5,7,14H,3-4,6H2,(H,12,16)(H,13,15)(H,17,18). The number of amides is 2. The summed E-state index contributed by atoms with van der Waals surface area (Å²) >= 11 is 0. The fourth-order valence-electron chi connectivity index (χ4n) is 1.24. The summed E-state index contributed by atoms with van der Waals surface area (Å²) in [7, 11) is 0. The molecule has 0 saturated heterocycles. The molecule has 19 heavy (non-hydrogen) atoms. The van der Waals surface area contributed by atoms with Crippen molar-refractivity contribution in [2.45, 2.75) is 12.5 Å². The molecule has 8 heteroatoms. The summed E-state index contributed by atoms with van der Waals surface area (Å²) in [6.07, 6.45) is 1.25. The van der Waals surface area contributed by atoms with E-state index in [1.807, 2.05) is 0 Å². The van der Waals surface area contributed by atoms with Crippen LogP contribution >= 0.6 is 0 Å². The molecule has 0 radical (unpaired) electrons. The summed E-state index contributed by atoms with van der Waals surface area (Å²) in [5.74, 6) is -2.24. The van der Waals surface area contributed by atoms with Crippen LogP contribution in [0.4, 0.5) is 0 Å². The van der Waals surface area contributed by atoms with Gasteiger partial charge in [0, 0.05) is 13.0 Å². The van der Waals surface area contributed by atoms with E-state index in [0.717, 1.165) is 0 Å². The Kier molecular flexibility index (Phi) is 5.55. The molecule has 104 valence electrons. The first kappa shape index (κ1) is 14.7. The Balaban J connectivity index is 2.27. The fraction of sp³-hybridized carbons (Fsp3) is 0.364. The average Bonchev–Trinajstić information content (AvgIpc) is 2.89. The second-order valence-electron chi connectivity index (χ2n) is 3.62. The van der Waals surface area contributed by atoms with Crippen LogP contribution in [-0.2, 0) is 9.59 Å². The van der Waals surface area contributed by atoms with Gasteiger partial charge in [0.05, 0.1) is 12.9 Å². The van der Waals surface area contributed by atoms with Crippen LogP contribution < -0.4 is 10.6 Å². The van der Waals surface area contributed by atoms with Gasteiger partial charge in [0.2, 0.25) is 5.91 Å². The van der Waals surface area contributed by atoms with Crippen molar-refractivity contribution in [3.8, 4) is 0 Å². The van der Waals surface area contributed by atoms with Crippen molar-refractivity contribution < 1.29 is 29.0 Å². The molecule has 0 aliphatic rings. The Bertz CT molecular complexity index is 442. The van der Waals surface area contributed by atoms with Gasteiger partial charge < -0.3 is 25.3 Å². The minimum atomic E-state index is -1.34. The number of aliphatic hydroxyl groups is 1. The molecule has 0 aromatic carbocycles. The highest BCUT2D eigenvalue weighted by Gasteiger charge is 2.18. The Morgan fingerprint density at radius 3 is 2.63 bits per heavy atom. The van der Waals surface area contributed by atoms with Gasteiger partial charge in [-0.05, 0) is 12.1 Å². The molecule has 0 aliphatic heterocycles. The Hall–Kier alpha value is -2.35. The lowest BCUT2D eigenvalue weighted by Gasteiger charge is -2.11. The molecular weight excluding hydrogens is 256 g/mol. The molecule has 4 N–H and O–H groups in total. The fourth-order valence-corrected chi connectivity index (χ4v) is 1.24. The second-order valence-corrected chi connectivity index (χ2v) is 3.62. The predicted molar refractivity (Wildman–Crippen MR) is 62.3 cm³/mol. The topological polar surface area (TPSA) is 129 Å². The van der Waals surface area contributed by atoms with Crippen LogP contribution in [0.3, 0.4) is 0 Å². The maximum atomic E-state index is 11.4. The summed E-state index contributed by atoms with van der Waals surface area (Å²) in [5, 5.41) is 21.9. The number of carbonyl (C=O) groups is 3. The summed E-state index contributed by atoms with van der Waals surface area (Å²) in [6, 6.07) is 1.69. The zero-order valence-electron chi connectivity index (χ0n) is 9.96. The number of carboxylic acids is 1. The molecule has 0 fully saturated rings. The third kappa shape index (κ3) is 4.80. The molecule has 1 aromatic heterocycles. The number of aliphatic hydroxyl groups excluding tert-OH is 1. The van der Waals surface area contributed by atoms with Crippen LogP contribution in [0.2, 0.25) is 0 Å². The summed E-state index contributed by atoms with van der Waals surface area (Å²) in [6.45, 7) is -0.664. The van der Waals surface area contributed by atoms with Gasteiger partial charge in [-0.3, -0.25) is 9.59 Å². The number of nitrogens with one attached hydrogen (secondary N) is 2. The highest BCUT2D eigenvalue weighted by Crippen LogP contribution is 1.98. The molecule has 0 saturated carbocycles. The highest BCUT2D eigenvalue weighted by atomic mass is 16.4. The number of aliphatic carboxylic acids is 1. The zero-order valence-corrected chi connectivity index (χ0v) is 9.96. The number of furan rings is 1. The smallest absolute Gasteiger partial charge is 0.328 e. The minimum Gasteiger partial charge on any atom is -0.480 e. The molecular formula is C11H14N2O6. The molecule has 8 nitrogen and oxygen atoms in total. The van der Waals surface area contributed by atoms with E-state index in [1.54, 1.807) is 6.07 Å². The minimum absolute atomic E-state index is 0.0309. The normalized spacial score (nSPS) is 11.6. The van der Waals surface area contributed by atoms with Crippen molar-refractivity contribution in [3.63, 3.8) is 0 Å². The van der Waals surface area contributed by atoms with Crippen LogP contribution in [0, 0.1) is 0 Å². The van der Waals surface area contributed by atoms with Gasteiger partial charge >= 0.3 is 5.97 Å². The lowest BCUT2D eigenvalue weighted by molar-refractivity contribution is -0.142. The average molecular weight is 270 g/mol. The van der Waals surface area contributed by atoms with E-state index >= 15 is 0 Å². The number of hydrogen-bond donors (Lipinski definition) is 4. The van der Waals surface area contributed by atoms with Crippen LogP contribution in [0.5, 0.6) is 0 Å². The van der Waals surface area contributed by atoms with Crippen molar-refractivity contribution in [2.75, 3.05) is 13.2 Å². The van der Waals surface area contributed by atoms with E-state index in [9.17, 15) is 14.4 Å². The van der Waals surface area contributed by atoms with E-state index in [-0.39, 0.29) is 18.7 Å². The third-order valence-corrected chi connectivity index (χ3v) is 2.20. The van der Waals surface area contributed by atoms with Crippen LogP contribution in [0.15, 0.2) is 22.8 Å². The van der Waals surface area contributed by atoms with E-state index in [4.69, 9.17) is 14.6 Å². The molecule has 1 atom stereocenters. The van der Waals surface area contributed by atoms with Crippen molar-refractivity contribution in [3.05, 3.63) is 24.2 Å². The first-order chi connectivity index (χ1) is 9.04. The maximum absolute atomic E-state index is 11.4. The van der Waals surface area contributed by atoms with Crippen LogP contribution in [0.1, 0.15) is 17.0 Å². The van der Waals surface area contributed by atoms with Crippen LogP contribution in [-0.4, -0.2) is 47.2 Å². The van der Waals surface area contributed by atoms with Crippen molar-refractivity contribution >= 4 is 17.8 Å². The summed E-state index contributed by atoms with van der Waals surface area (Å²) in [4.78, 5) is 33.3. The number of rotatable bonds is 7. The molecule has 0 aliphatic carbocycles. The molecule has 1 aromatic rings. The van der Waals surface area contributed by atoms with Gasteiger partial charge in [-0.2, -0.15) is 0 Å². The Labute approximate surface area is 108 Å². The Morgan fingerprint density at radius 2 is 2.11 bits per heavy atom. The highest BCUT2D eigenvalue weighted by molar-refractivity contribution is 5.91.